The SMILES string of the molecule is CC(C)c1c2ccc(-c3ccc4sc5ccc(-c6ccc(C(C)(C)C)cc6)cc5c4c3)cc2c(C(C)C)c2ccc(-c3cccc(-c4cc(C(C)(C)C)cc(C(C)(C)C)c4)c3)cc12. The van der Waals surface area contributed by atoms with E-state index in [2.05, 4.69) is 230 Å². The van der Waals surface area contributed by atoms with Crippen LogP contribution in [0.15, 0.2) is 140 Å². The maximum absolute atomic E-state index is 2.49. The molecule has 0 unspecified atom stereocenters. The van der Waals surface area contributed by atoms with Crippen molar-refractivity contribution >= 4 is 53.1 Å². The highest BCUT2D eigenvalue weighted by atomic mass is 32.1. The number of fused-ring (bicyclic) bond motifs is 5. The molecule has 0 aliphatic rings. The molecule has 0 atom stereocenters. The lowest BCUT2D eigenvalue weighted by atomic mass is 9.78. The summed E-state index contributed by atoms with van der Waals surface area (Å²) in [7, 11) is 0. The van der Waals surface area contributed by atoms with Gasteiger partial charge in [-0.3, -0.25) is 0 Å². The zero-order chi connectivity index (χ0) is 44.7. The minimum absolute atomic E-state index is 0.0635. The zero-order valence-electron chi connectivity index (χ0n) is 39.8. The lowest BCUT2D eigenvalue weighted by molar-refractivity contribution is 0.569. The highest BCUT2D eigenvalue weighted by molar-refractivity contribution is 7.25. The van der Waals surface area contributed by atoms with Gasteiger partial charge in [0.15, 0.2) is 0 Å². The smallest absolute Gasteiger partial charge is 0.0355 e. The lowest BCUT2D eigenvalue weighted by Crippen LogP contribution is -2.16. The normalized spacial score (nSPS) is 12.8. The van der Waals surface area contributed by atoms with E-state index in [1.54, 1.807) is 0 Å². The number of rotatable bonds is 6. The van der Waals surface area contributed by atoms with Crippen LogP contribution in [0.1, 0.15) is 130 Å². The summed E-state index contributed by atoms with van der Waals surface area (Å²) in [5.74, 6) is 0.707. The van der Waals surface area contributed by atoms with Crippen LogP contribution in [0.4, 0.5) is 0 Å². The van der Waals surface area contributed by atoms with Crippen LogP contribution in [-0.4, -0.2) is 0 Å². The van der Waals surface area contributed by atoms with Crippen LogP contribution < -0.4 is 0 Å². The Morgan fingerprint density at radius 1 is 0.302 bits per heavy atom. The van der Waals surface area contributed by atoms with E-state index < -0.39 is 0 Å². The van der Waals surface area contributed by atoms with Gasteiger partial charge in [-0.2, -0.15) is 0 Å². The molecule has 8 aromatic carbocycles. The predicted octanol–water partition coefficient (Wildman–Crippen LogP) is 19.2. The quantitative estimate of drug-likeness (QED) is 0.146. The second-order valence-corrected chi connectivity index (χ2v) is 23.0. The molecule has 0 saturated carbocycles. The Morgan fingerprint density at radius 2 is 0.667 bits per heavy atom. The second-order valence-electron chi connectivity index (χ2n) is 21.9. The van der Waals surface area contributed by atoms with Crippen LogP contribution in [0, 0.1) is 0 Å². The summed E-state index contributed by atoms with van der Waals surface area (Å²) >= 11 is 1.89. The van der Waals surface area contributed by atoms with Crippen molar-refractivity contribution in [3.8, 4) is 44.5 Å². The van der Waals surface area contributed by atoms with Gasteiger partial charge in [-0.25, -0.2) is 0 Å². The first-order valence-corrected chi connectivity index (χ1v) is 23.9. The summed E-state index contributed by atoms with van der Waals surface area (Å²) in [6.07, 6.45) is 0. The van der Waals surface area contributed by atoms with Crippen molar-refractivity contribution < 1.29 is 0 Å². The molecule has 0 fully saturated rings. The topological polar surface area (TPSA) is 0 Å². The molecule has 63 heavy (non-hydrogen) atoms. The molecular formula is C62H64S. The van der Waals surface area contributed by atoms with Crippen molar-refractivity contribution in [1.82, 2.24) is 0 Å². The lowest BCUT2D eigenvalue weighted by Gasteiger charge is -2.26. The van der Waals surface area contributed by atoms with Crippen LogP contribution >= 0.6 is 11.3 Å². The van der Waals surface area contributed by atoms with Gasteiger partial charge < -0.3 is 0 Å². The van der Waals surface area contributed by atoms with Gasteiger partial charge in [-0.05, 0) is 164 Å². The molecule has 1 aromatic heterocycles. The molecule has 0 saturated heterocycles. The molecular weight excluding hydrogens is 777 g/mol. The van der Waals surface area contributed by atoms with E-state index in [0.717, 1.165) is 0 Å². The first-order valence-electron chi connectivity index (χ1n) is 23.1. The molecule has 0 radical (unpaired) electrons. The Labute approximate surface area is 381 Å². The van der Waals surface area contributed by atoms with Crippen molar-refractivity contribution in [3.63, 3.8) is 0 Å². The van der Waals surface area contributed by atoms with Crippen molar-refractivity contribution in [2.24, 2.45) is 0 Å². The van der Waals surface area contributed by atoms with Crippen LogP contribution in [0.3, 0.4) is 0 Å². The van der Waals surface area contributed by atoms with E-state index >= 15 is 0 Å². The highest BCUT2D eigenvalue weighted by Gasteiger charge is 2.23. The monoisotopic (exact) mass is 840 g/mol. The molecule has 318 valence electrons. The summed E-state index contributed by atoms with van der Waals surface area (Å²) in [6, 6.07) is 54.2. The molecule has 0 aliphatic heterocycles. The minimum Gasteiger partial charge on any atom is -0.135 e. The fourth-order valence-electron chi connectivity index (χ4n) is 9.74. The van der Waals surface area contributed by atoms with Crippen LogP contribution in [0.5, 0.6) is 0 Å². The fraction of sp³-hybridized carbons (Fsp3) is 0.290. The van der Waals surface area contributed by atoms with Gasteiger partial charge in [0.25, 0.3) is 0 Å². The third kappa shape index (κ3) is 8.04. The van der Waals surface area contributed by atoms with Gasteiger partial charge in [0.2, 0.25) is 0 Å². The standard InChI is InChI=1S/C62H64S/c1-37(2)58-51-26-20-44(45-22-28-57-53(33-45)52-32-42(21-27-56(52)63-57)39-17-23-47(24-18-39)60(5,6)7)35-55(51)59(38(3)4)50-25-19-43(34-54(50)58)40-15-14-16-41(29-40)46-30-48(61(8,9)10)36-49(31-46)62(11,12)13/h14-38H,1-13H3. The van der Waals surface area contributed by atoms with Crippen LogP contribution in [0.2, 0.25) is 0 Å². The number of thiophene rings is 1. The Kier molecular flexibility index (Phi) is 10.6. The predicted molar refractivity (Wildman–Crippen MR) is 280 cm³/mol. The van der Waals surface area contributed by atoms with Crippen LogP contribution in [-0.2, 0) is 16.2 Å². The Balaban J connectivity index is 1.14. The van der Waals surface area contributed by atoms with Gasteiger partial charge in [-0.15, -0.1) is 11.3 Å². The van der Waals surface area contributed by atoms with Gasteiger partial charge in [0.05, 0.1) is 0 Å². The highest BCUT2D eigenvalue weighted by Crippen LogP contribution is 2.45. The van der Waals surface area contributed by atoms with E-state index in [0.29, 0.717) is 11.8 Å². The first-order chi connectivity index (χ1) is 29.7. The van der Waals surface area contributed by atoms with E-state index in [9.17, 15) is 0 Å². The first kappa shape index (κ1) is 42.8. The largest absolute Gasteiger partial charge is 0.135 e. The maximum atomic E-state index is 2.49. The average molecular weight is 841 g/mol. The Morgan fingerprint density at radius 3 is 1.10 bits per heavy atom. The molecule has 0 spiro atoms. The van der Waals surface area contributed by atoms with E-state index in [1.807, 2.05) is 11.3 Å². The molecule has 0 bridgehead atoms. The molecule has 9 rings (SSSR count). The summed E-state index contributed by atoms with van der Waals surface area (Å²) in [4.78, 5) is 0. The van der Waals surface area contributed by atoms with Gasteiger partial charge >= 0.3 is 0 Å². The summed E-state index contributed by atoms with van der Waals surface area (Å²) in [5.41, 5.74) is 17.4. The average Bonchev–Trinajstić information content (AvgIpc) is 3.61. The molecule has 0 nitrogen and oxygen atoms in total. The van der Waals surface area contributed by atoms with E-state index in [4.69, 9.17) is 0 Å². The molecule has 0 N–H and O–H groups in total. The van der Waals surface area contributed by atoms with Gasteiger partial charge in [-0.1, -0.05) is 187 Å². The van der Waals surface area contributed by atoms with Crippen molar-refractivity contribution in [2.45, 2.75) is 118 Å². The number of benzene rings is 8. The van der Waals surface area contributed by atoms with Gasteiger partial charge in [0.1, 0.15) is 0 Å². The Hall–Kier alpha value is -5.50. The molecule has 0 aliphatic carbocycles. The van der Waals surface area contributed by atoms with Crippen molar-refractivity contribution in [1.29, 1.82) is 0 Å². The Bertz CT molecular complexity index is 3170. The third-order valence-corrected chi connectivity index (χ3v) is 14.6. The molecule has 1 heterocycles. The second kappa shape index (κ2) is 15.6. The van der Waals surface area contributed by atoms with Crippen molar-refractivity contribution in [2.75, 3.05) is 0 Å². The molecule has 9 aromatic rings. The van der Waals surface area contributed by atoms with Crippen LogP contribution in [0.25, 0.3) is 86.2 Å². The summed E-state index contributed by atoms with van der Waals surface area (Å²) in [5, 5.41) is 8.15. The molecule has 1 heteroatoms. The fourth-order valence-corrected chi connectivity index (χ4v) is 10.8. The minimum atomic E-state index is 0.0635. The van der Waals surface area contributed by atoms with E-state index in [-0.39, 0.29) is 16.2 Å². The summed E-state index contributed by atoms with van der Waals surface area (Å²) < 4.78 is 2.67. The zero-order valence-corrected chi connectivity index (χ0v) is 40.7. The third-order valence-electron chi connectivity index (χ3n) is 13.4. The number of hydrogen-bond donors (Lipinski definition) is 0. The van der Waals surface area contributed by atoms with Gasteiger partial charge in [0, 0.05) is 20.2 Å². The maximum Gasteiger partial charge on any atom is 0.0355 e. The van der Waals surface area contributed by atoms with E-state index in [1.165, 1.54) is 114 Å². The summed E-state index contributed by atoms with van der Waals surface area (Å²) in [6.45, 7) is 30.2. The number of hydrogen-bond acceptors (Lipinski definition) is 1. The molecule has 0 amide bonds. The van der Waals surface area contributed by atoms with Crippen molar-refractivity contribution in [3.05, 3.63) is 167 Å².